The fourth-order valence-corrected chi connectivity index (χ4v) is 7.29. The maximum atomic E-state index is 14.5. The summed E-state index contributed by atoms with van der Waals surface area (Å²) >= 11 is 0. The van der Waals surface area contributed by atoms with Gasteiger partial charge in [0.05, 0.1) is 5.92 Å². The number of carbonyl (C=O) groups is 6. The Morgan fingerprint density at radius 2 is 1.42 bits per heavy atom. The lowest BCUT2D eigenvalue weighted by Crippen LogP contribution is -2.58. The van der Waals surface area contributed by atoms with E-state index in [1.165, 1.54) is 21.7 Å². The summed E-state index contributed by atoms with van der Waals surface area (Å²) in [6.45, 7) is 14.9. The molecule has 3 rings (SSSR count). The zero-order chi connectivity index (χ0) is 38.9. The second kappa shape index (κ2) is 19.2. The number of unbranched alkanes of at least 4 members (excludes halogenated alkanes) is 1. The number of amides is 4. The summed E-state index contributed by atoms with van der Waals surface area (Å²) in [7, 11) is 3.06. The van der Waals surface area contributed by atoms with Crippen molar-refractivity contribution in [2.75, 3.05) is 20.6 Å². The number of cyclic esters (lactones) is 2. The Morgan fingerprint density at radius 3 is 2.00 bits per heavy atom. The summed E-state index contributed by atoms with van der Waals surface area (Å²) in [5, 5.41) is 2.90. The van der Waals surface area contributed by atoms with Gasteiger partial charge in [-0.1, -0.05) is 105 Å². The van der Waals surface area contributed by atoms with Gasteiger partial charge in [0.1, 0.15) is 30.3 Å². The van der Waals surface area contributed by atoms with E-state index in [0.29, 0.717) is 32.1 Å². The molecule has 1 N–H and O–H groups in total. The average molecular weight is 727 g/mol. The minimum Gasteiger partial charge on any atom is -0.460 e. The Bertz CT molecular complexity index is 1400. The Morgan fingerprint density at radius 1 is 0.808 bits per heavy atom. The molecule has 0 bridgehead atoms. The lowest BCUT2D eigenvalue weighted by molar-refractivity contribution is -0.170. The minimum atomic E-state index is -1.28. The fraction of sp³-hybridized carbons (Fsp3) is 0.700. The van der Waals surface area contributed by atoms with Gasteiger partial charge in [0, 0.05) is 27.1 Å². The quantitative estimate of drug-likeness (QED) is 0.370. The second-order valence-corrected chi connectivity index (χ2v) is 15.4. The topological polar surface area (TPSA) is 143 Å². The van der Waals surface area contributed by atoms with Gasteiger partial charge in [0.15, 0.2) is 6.10 Å². The maximum Gasteiger partial charge on any atom is 0.329 e. The van der Waals surface area contributed by atoms with Gasteiger partial charge < -0.3 is 29.5 Å². The predicted molar refractivity (Wildman–Crippen MR) is 198 cm³/mol. The fourth-order valence-electron chi connectivity index (χ4n) is 7.29. The molecule has 290 valence electrons. The summed E-state index contributed by atoms with van der Waals surface area (Å²) in [6, 6.07) is 5.25. The van der Waals surface area contributed by atoms with Crippen LogP contribution in [0.3, 0.4) is 0 Å². The van der Waals surface area contributed by atoms with Crippen molar-refractivity contribution >= 4 is 35.6 Å². The zero-order valence-electron chi connectivity index (χ0n) is 32.9. The number of nitrogens with one attached hydrogen (secondary N) is 1. The van der Waals surface area contributed by atoms with Gasteiger partial charge in [-0.15, -0.1) is 0 Å². The van der Waals surface area contributed by atoms with Gasteiger partial charge >= 0.3 is 11.9 Å². The number of ether oxygens (including phenoxy) is 2. The molecule has 2 heterocycles. The van der Waals surface area contributed by atoms with E-state index in [1.807, 2.05) is 78.8 Å². The van der Waals surface area contributed by atoms with Crippen LogP contribution in [0.2, 0.25) is 0 Å². The van der Waals surface area contributed by atoms with Crippen LogP contribution in [0.1, 0.15) is 99.5 Å². The van der Waals surface area contributed by atoms with E-state index in [2.05, 4.69) is 5.32 Å². The first-order valence-electron chi connectivity index (χ1n) is 19.1. The lowest BCUT2D eigenvalue weighted by Gasteiger charge is -2.36. The van der Waals surface area contributed by atoms with Gasteiger partial charge in [-0.05, 0) is 42.6 Å². The van der Waals surface area contributed by atoms with Crippen LogP contribution in [0.4, 0.5) is 0 Å². The molecule has 2 aliphatic rings. The van der Waals surface area contributed by atoms with Crippen molar-refractivity contribution in [2.45, 2.75) is 137 Å². The molecule has 4 amide bonds. The number of likely N-dealkylation sites (N-methyl/N-ethyl adjacent to an activating group) is 2. The maximum absolute atomic E-state index is 14.5. The summed E-state index contributed by atoms with van der Waals surface area (Å²) in [6.07, 6.45) is 1.32. The van der Waals surface area contributed by atoms with Gasteiger partial charge in [0.25, 0.3) is 5.91 Å². The minimum absolute atomic E-state index is 0.0617. The molecule has 2 fully saturated rings. The highest BCUT2D eigenvalue weighted by Crippen LogP contribution is 2.27. The molecule has 0 aromatic heterocycles. The molecule has 52 heavy (non-hydrogen) atoms. The van der Waals surface area contributed by atoms with Gasteiger partial charge in [-0.25, -0.2) is 9.59 Å². The molecule has 0 unspecified atom stereocenters. The second-order valence-electron chi connectivity index (χ2n) is 15.4. The number of rotatable bonds is 9. The number of nitrogens with zero attached hydrogens (tertiary/aromatic N) is 3. The van der Waals surface area contributed by atoms with E-state index in [-0.39, 0.29) is 30.7 Å². The summed E-state index contributed by atoms with van der Waals surface area (Å²) in [5.41, 5.74) is 0.757. The van der Waals surface area contributed by atoms with E-state index in [9.17, 15) is 28.8 Å². The highest BCUT2D eigenvalue weighted by molar-refractivity contribution is 5.95. The van der Waals surface area contributed by atoms with E-state index in [0.717, 1.165) is 12.0 Å². The molecule has 2 saturated heterocycles. The van der Waals surface area contributed by atoms with Crippen LogP contribution in [0.15, 0.2) is 30.3 Å². The number of benzene rings is 1. The Labute approximate surface area is 310 Å². The van der Waals surface area contributed by atoms with Crippen molar-refractivity contribution in [3.8, 4) is 0 Å². The predicted octanol–water partition coefficient (Wildman–Crippen LogP) is 4.38. The highest BCUT2D eigenvalue weighted by Gasteiger charge is 2.45. The molecular weight excluding hydrogens is 664 g/mol. The SMILES string of the molecule is CCCC[C@@H]1OC(=O)[C@H](C(C)C)N(C)C(=O)[C@@H]2CCCN2C(=O)[C@H](Cc2ccccc2)OC(=O)[C@H]([C@@H](C)CC)N(C)C(=O)[C@H](C(C)C)NC(=O)[C@@H]1C. The van der Waals surface area contributed by atoms with Crippen molar-refractivity contribution in [3.63, 3.8) is 0 Å². The molecule has 1 aromatic carbocycles. The van der Waals surface area contributed by atoms with Crippen molar-refractivity contribution in [3.05, 3.63) is 35.9 Å². The highest BCUT2D eigenvalue weighted by atomic mass is 16.6. The van der Waals surface area contributed by atoms with Crippen LogP contribution in [0.25, 0.3) is 0 Å². The van der Waals surface area contributed by atoms with E-state index < -0.39 is 77.9 Å². The molecule has 2 aliphatic heterocycles. The Hall–Kier alpha value is -3.96. The van der Waals surface area contributed by atoms with Crippen molar-refractivity contribution in [2.24, 2.45) is 23.7 Å². The third-order valence-corrected chi connectivity index (χ3v) is 10.8. The van der Waals surface area contributed by atoms with Crippen LogP contribution in [0, 0.1) is 23.7 Å². The number of carbonyl (C=O) groups excluding carboxylic acids is 6. The van der Waals surface area contributed by atoms with Crippen LogP contribution in [-0.4, -0.2) is 107 Å². The Balaban J connectivity index is 2.18. The van der Waals surface area contributed by atoms with E-state index in [4.69, 9.17) is 9.47 Å². The summed E-state index contributed by atoms with van der Waals surface area (Å²) in [4.78, 5) is 89.2. The first kappa shape index (κ1) is 42.5. The summed E-state index contributed by atoms with van der Waals surface area (Å²) in [5.74, 6) is -5.11. The molecule has 1 aromatic rings. The van der Waals surface area contributed by atoms with Gasteiger partial charge in [-0.3, -0.25) is 19.2 Å². The third-order valence-electron chi connectivity index (χ3n) is 10.8. The van der Waals surface area contributed by atoms with Crippen LogP contribution in [0.5, 0.6) is 0 Å². The van der Waals surface area contributed by atoms with Crippen LogP contribution in [-0.2, 0) is 44.7 Å². The molecule has 12 heteroatoms. The number of hydrogen-bond donors (Lipinski definition) is 1. The molecule has 0 saturated carbocycles. The Kier molecular flexibility index (Phi) is 15.7. The van der Waals surface area contributed by atoms with Gasteiger partial charge in [-0.2, -0.15) is 0 Å². The number of fused-ring (bicyclic) bond motifs is 1. The van der Waals surface area contributed by atoms with Crippen LogP contribution < -0.4 is 5.32 Å². The largest absolute Gasteiger partial charge is 0.460 e. The number of esters is 2. The molecule has 0 aliphatic carbocycles. The molecule has 8 atom stereocenters. The normalized spacial score (nSPS) is 28.2. The van der Waals surface area contributed by atoms with Crippen LogP contribution >= 0.6 is 0 Å². The number of hydrogen-bond acceptors (Lipinski definition) is 8. The van der Waals surface area contributed by atoms with E-state index in [1.54, 1.807) is 14.0 Å². The molecular formula is C40H62N4O8. The van der Waals surface area contributed by atoms with Crippen molar-refractivity contribution in [1.82, 2.24) is 20.0 Å². The molecule has 0 spiro atoms. The third kappa shape index (κ3) is 10.1. The summed E-state index contributed by atoms with van der Waals surface area (Å²) < 4.78 is 12.2. The van der Waals surface area contributed by atoms with Crippen molar-refractivity contribution in [1.29, 1.82) is 0 Å². The zero-order valence-corrected chi connectivity index (χ0v) is 32.9. The van der Waals surface area contributed by atoms with E-state index >= 15 is 0 Å². The molecule has 12 nitrogen and oxygen atoms in total. The average Bonchev–Trinajstić information content (AvgIpc) is 3.60. The lowest BCUT2D eigenvalue weighted by atomic mass is 9.94. The standard InChI is InChI=1S/C40H62N4O8/c1-11-13-21-30-27(8)35(45)41-32(24(3)4)38(48)43(10)34(26(7)12-2)40(50)52-31(23-28-18-15-14-16-19-28)37(47)44-22-17-20-29(44)36(46)42(9)33(25(5)6)39(49)51-30/h14-16,18-19,24-27,29-34H,11-13,17,20-23H2,1-10H3,(H,41,45)/t26-,27+,29-,30-,31-,32-,33-,34-/m0/s1. The monoisotopic (exact) mass is 726 g/mol. The first-order chi connectivity index (χ1) is 24.5. The smallest absolute Gasteiger partial charge is 0.329 e. The molecule has 0 radical (unpaired) electrons. The van der Waals surface area contributed by atoms with Gasteiger partial charge in [0.2, 0.25) is 17.7 Å². The first-order valence-corrected chi connectivity index (χ1v) is 19.1. The van der Waals surface area contributed by atoms with Crippen molar-refractivity contribution < 1.29 is 38.2 Å².